The number of hydrogen-bond donors (Lipinski definition) is 3. The topological polar surface area (TPSA) is 112 Å². The molecule has 4 rings (SSSR count). The minimum absolute atomic E-state index is 0.00834. The normalized spacial score (nSPS) is 11.6. The van der Waals surface area contributed by atoms with E-state index in [2.05, 4.69) is 10.3 Å². The molecule has 0 radical (unpaired) electrons. The number of amides is 2. The monoisotopic (exact) mass is 471 g/mol. The van der Waals surface area contributed by atoms with Crippen molar-refractivity contribution in [2.75, 3.05) is 23.4 Å². The molecule has 2 amide bonds. The van der Waals surface area contributed by atoms with Gasteiger partial charge in [0.2, 0.25) is 5.91 Å². The molecule has 178 valence electrons. The molecule has 0 saturated heterocycles. The summed E-state index contributed by atoms with van der Waals surface area (Å²) in [6, 6.07) is 23.0. The Hall–Kier alpha value is -4.43. The molecule has 0 saturated carbocycles. The third-order valence-corrected chi connectivity index (χ3v) is 5.46. The van der Waals surface area contributed by atoms with Gasteiger partial charge in [0.15, 0.2) is 0 Å². The summed E-state index contributed by atoms with van der Waals surface area (Å²) in [5.41, 5.74) is 1.80. The Balaban J connectivity index is 1.32. The molecule has 0 bridgehead atoms. The van der Waals surface area contributed by atoms with Crippen LogP contribution in [0.1, 0.15) is 18.1 Å². The van der Waals surface area contributed by atoms with Gasteiger partial charge in [-0.2, -0.15) is 0 Å². The molecule has 3 aromatic carbocycles. The smallest absolute Gasteiger partial charge is 0.411 e. The van der Waals surface area contributed by atoms with Crippen LogP contribution in [0.3, 0.4) is 0 Å². The van der Waals surface area contributed by atoms with E-state index in [1.165, 1.54) is 0 Å². The lowest BCUT2D eigenvalue weighted by atomic mass is 10.1. The van der Waals surface area contributed by atoms with E-state index in [-0.39, 0.29) is 25.5 Å². The number of carbonyl (C=O) groups is 2. The van der Waals surface area contributed by atoms with Crippen LogP contribution < -0.4 is 15.0 Å². The zero-order valence-electron chi connectivity index (χ0n) is 18.9. The molecule has 4 aromatic rings. The third-order valence-electron chi connectivity index (χ3n) is 5.46. The van der Waals surface area contributed by atoms with Crippen LogP contribution >= 0.6 is 0 Å². The Bertz CT molecular complexity index is 1300. The second-order valence-corrected chi connectivity index (χ2v) is 7.90. The maximum absolute atomic E-state index is 12.4. The van der Waals surface area contributed by atoms with Crippen LogP contribution in [0, 0.1) is 0 Å². The molecule has 8 heteroatoms. The van der Waals surface area contributed by atoms with E-state index in [1.807, 2.05) is 48.5 Å². The zero-order chi connectivity index (χ0) is 24.6. The fourth-order valence-electron chi connectivity index (χ4n) is 3.60. The number of aliphatic hydroxyl groups is 1. The molecule has 35 heavy (non-hydrogen) atoms. The van der Waals surface area contributed by atoms with Crippen molar-refractivity contribution in [1.82, 2.24) is 4.98 Å². The Kier molecular flexibility index (Phi) is 7.54. The van der Waals surface area contributed by atoms with E-state index in [9.17, 15) is 19.8 Å². The number of hydrogen-bond acceptors (Lipinski definition) is 5. The molecule has 1 aromatic heterocycles. The summed E-state index contributed by atoms with van der Waals surface area (Å²) in [6.45, 7) is 0.0586. The summed E-state index contributed by atoms with van der Waals surface area (Å²) >= 11 is 0. The average molecular weight is 472 g/mol. The fourth-order valence-corrected chi connectivity index (χ4v) is 3.60. The number of nitrogens with zero attached hydrogens (tertiary/aromatic N) is 2. The van der Waals surface area contributed by atoms with Crippen LogP contribution in [-0.4, -0.2) is 40.3 Å². The summed E-state index contributed by atoms with van der Waals surface area (Å²) in [7, 11) is 0. The second kappa shape index (κ2) is 11.1. The van der Waals surface area contributed by atoms with Gasteiger partial charge in [-0.25, -0.2) is 4.79 Å². The van der Waals surface area contributed by atoms with E-state index in [1.54, 1.807) is 42.7 Å². The Labute approximate surface area is 202 Å². The number of benzene rings is 3. The quantitative estimate of drug-likeness (QED) is 0.321. The second-order valence-electron chi connectivity index (χ2n) is 7.90. The molecule has 8 nitrogen and oxygen atoms in total. The van der Waals surface area contributed by atoms with Gasteiger partial charge in [0.05, 0.1) is 0 Å². The first-order valence-electron chi connectivity index (χ1n) is 11.1. The summed E-state index contributed by atoms with van der Waals surface area (Å²) < 4.78 is 5.63. The molecule has 1 unspecified atom stereocenters. The molecule has 0 fully saturated rings. The molecule has 1 heterocycles. The first-order valence-corrected chi connectivity index (χ1v) is 11.1. The number of ether oxygens (including phenoxy) is 1. The maximum Gasteiger partial charge on any atom is 0.411 e. The lowest BCUT2D eigenvalue weighted by Crippen LogP contribution is -2.32. The zero-order valence-corrected chi connectivity index (χ0v) is 18.9. The summed E-state index contributed by atoms with van der Waals surface area (Å²) in [6.07, 6.45) is 1.48. The number of carbonyl (C=O) groups excluding carboxylic acids is 1. The highest BCUT2D eigenvalue weighted by molar-refractivity contribution is 5.95. The van der Waals surface area contributed by atoms with Gasteiger partial charge in [-0.1, -0.05) is 36.4 Å². The molecular formula is C27H25N3O5. The predicted molar refractivity (Wildman–Crippen MR) is 134 cm³/mol. The van der Waals surface area contributed by atoms with Crippen molar-refractivity contribution >= 4 is 34.1 Å². The molecule has 0 aliphatic carbocycles. The van der Waals surface area contributed by atoms with Crippen molar-refractivity contribution in [3.63, 3.8) is 0 Å². The van der Waals surface area contributed by atoms with Gasteiger partial charge in [-0.3, -0.25) is 14.7 Å². The van der Waals surface area contributed by atoms with Gasteiger partial charge < -0.3 is 20.3 Å². The summed E-state index contributed by atoms with van der Waals surface area (Å²) in [5, 5.41) is 24.6. The number of aliphatic hydroxyl groups excluding tert-OH is 1. The van der Waals surface area contributed by atoms with Crippen LogP contribution in [0.25, 0.3) is 10.8 Å². The number of pyridine rings is 1. The van der Waals surface area contributed by atoms with E-state index in [0.29, 0.717) is 17.1 Å². The van der Waals surface area contributed by atoms with Gasteiger partial charge in [0.25, 0.3) is 0 Å². The number of nitrogens with one attached hydrogen (secondary N) is 1. The minimum Gasteiger partial charge on any atom is -0.491 e. The SMILES string of the molecule is O=C(CCN(C(=O)O)c1ccc(OCC(O)c2ccccc2)cc1)Nc1ccc2cnccc2c1. The highest BCUT2D eigenvalue weighted by Crippen LogP contribution is 2.22. The molecule has 3 N–H and O–H groups in total. The van der Waals surface area contributed by atoms with Crippen LogP contribution in [0.5, 0.6) is 5.75 Å². The molecule has 0 aliphatic rings. The van der Waals surface area contributed by atoms with E-state index < -0.39 is 12.2 Å². The van der Waals surface area contributed by atoms with Crippen molar-refractivity contribution in [1.29, 1.82) is 0 Å². The molecule has 0 aliphatic heterocycles. The predicted octanol–water partition coefficient (Wildman–Crippen LogP) is 4.86. The lowest BCUT2D eigenvalue weighted by Gasteiger charge is -2.20. The maximum atomic E-state index is 12.4. The third kappa shape index (κ3) is 6.33. The number of carboxylic acid groups (broad SMARTS) is 1. The first-order chi connectivity index (χ1) is 17.0. The van der Waals surface area contributed by atoms with E-state index in [0.717, 1.165) is 21.2 Å². The standard InChI is InChI=1S/C27H25N3O5/c31-25(19-4-2-1-3-5-19)18-35-24-10-8-23(9-11-24)30(27(33)34)15-13-26(32)29-22-7-6-21-17-28-14-12-20(21)16-22/h1-12,14,16-17,25,31H,13,15,18H2,(H,29,32)(H,33,34). The van der Waals surface area contributed by atoms with Crippen LogP contribution in [0.4, 0.5) is 16.2 Å². The minimum atomic E-state index is -1.16. The van der Waals surface area contributed by atoms with Crippen LogP contribution in [0.2, 0.25) is 0 Å². The van der Waals surface area contributed by atoms with E-state index in [4.69, 9.17) is 4.74 Å². The van der Waals surface area contributed by atoms with Crippen molar-refractivity contribution < 1.29 is 24.5 Å². The molecule has 1 atom stereocenters. The molecule has 0 spiro atoms. The van der Waals surface area contributed by atoms with Gasteiger partial charge in [0.1, 0.15) is 18.5 Å². The van der Waals surface area contributed by atoms with Crippen molar-refractivity contribution in [2.24, 2.45) is 0 Å². The van der Waals surface area contributed by atoms with Crippen molar-refractivity contribution in [3.05, 3.63) is 96.8 Å². The summed E-state index contributed by atoms with van der Waals surface area (Å²) in [5.74, 6) is 0.206. The van der Waals surface area contributed by atoms with Gasteiger partial charge in [0, 0.05) is 42.1 Å². The van der Waals surface area contributed by atoms with Crippen LogP contribution in [0.15, 0.2) is 91.3 Å². The van der Waals surface area contributed by atoms with Crippen LogP contribution in [-0.2, 0) is 4.79 Å². The van der Waals surface area contributed by atoms with Crippen molar-refractivity contribution in [3.8, 4) is 5.75 Å². The van der Waals surface area contributed by atoms with E-state index >= 15 is 0 Å². The fraction of sp³-hybridized carbons (Fsp3) is 0.148. The number of fused-ring (bicyclic) bond motifs is 1. The Morgan fingerprint density at radius 3 is 2.49 bits per heavy atom. The average Bonchev–Trinajstić information content (AvgIpc) is 2.88. The largest absolute Gasteiger partial charge is 0.491 e. The number of aromatic nitrogens is 1. The van der Waals surface area contributed by atoms with Gasteiger partial charge in [-0.05, 0) is 53.4 Å². The highest BCUT2D eigenvalue weighted by atomic mass is 16.5. The van der Waals surface area contributed by atoms with Gasteiger partial charge in [-0.15, -0.1) is 0 Å². The highest BCUT2D eigenvalue weighted by Gasteiger charge is 2.16. The number of anilines is 2. The van der Waals surface area contributed by atoms with Gasteiger partial charge >= 0.3 is 6.09 Å². The summed E-state index contributed by atoms with van der Waals surface area (Å²) in [4.78, 5) is 29.4. The lowest BCUT2D eigenvalue weighted by molar-refractivity contribution is -0.116. The Morgan fingerprint density at radius 1 is 0.971 bits per heavy atom. The number of rotatable bonds is 9. The van der Waals surface area contributed by atoms with Crippen molar-refractivity contribution in [2.45, 2.75) is 12.5 Å². The first kappa shape index (κ1) is 23.7. The Morgan fingerprint density at radius 2 is 1.74 bits per heavy atom. The molecular weight excluding hydrogens is 446 g/mol.